The molecule has 0 bridgehead atoms. The van der Waals surface area contributed by atoms with Gasteiger partial charge in [0.05, 0.1) is 18.7 Å². The topological polar surface area (TPSA) is 57.6 Å². The number of para-hydroxylation sites is 1. The smallest absolute Gasteiger partial charge is 0.264 e. The third-order valence-electron chi connectivity index (χ3n) is 5.73. The maximum absolute atomic E-state index is 14.4. The van der Waals surface area contributed by atoms with Gasteiger partial charge in [0, 0.05) is 21.7 Å². The van der Waals surface area contributed by atoms with E-state index in [0.717, 1.165) is 11.1 Å². The Labute approximate surface area is 184 Å². The van der Waals surface area contributed by atoms with E-state index < -0.39 is 23.7 Å². The number of amides is 1. The van der Waals surface area contributed by atoms with Crippen LogP contribution in [0.25, 0.3) is 0 Å². The molecule has 158 valence electrons. The highest BCUT2D eigenvalue weighted by molar-refractivity contribution is 6.31. The van der Waals surface area contributed by atoms with Gasteiger partial charge in [-0.05, 0) is 43.7 Å². The van der Waals surface area contributed by atoms with Crippen LogP contribution >= 0.6 is 11.6 Å². The molecule has 1 amide bonds. The molecule has 1 N–H and O–H groups in total. The first kappa shape index (κ1) is 21.2. The summed E-state index contributed by atoms with van der Waals surface area (Å²) < 4.78 is 14.4. The molecule has 1 atom stereocenters. The van der Waals surface area contributed by atoms with Crippen LogP contribution < -0.4 is 4.90 Å². The van der Waals surface area contributed by atoms with E-state index in [2.05, 4.69) is 0 Å². The third kappa shape index (κ3) is 3.64. The van der Waals surface area contributed by atoms with Crippen LogP contribution in [0.5, 0.6) is 0 Å². The molecule has 1 aliphatic heterocycles. The van der Waals surface area contributed by atoms with Gasteiger partial charge in [0.15, 0.2) is 11.4 Å². The van der Waals surface area contributed by atoms with Crippen molar-refractivity contribution in [3.05, 3.63) is 99.3 Å². The Balaban J connectivity index is 1.73. The van der Waals surface area contributed by atoms with Gasteiger partial charge in [0.2, 0.25) is 0 Å². The summed E-state index contributed by atoms with van der Waals surface area (Å²) in [7, 11) is 0. The highest BCUT2D eigenvalue weighted by Crippen LogP contribution is 2.44. The first-order chi connectivity index (χ1) is 14.7. The first-order valence-corrected chi connectivity index (χ1v) is 10.3. The van der Waals surface area contributed by atoms with Gasteiger partial charge < -0.3 is 10.0 Å². The van der Waals surface area contributed by atoms with Crippen molar-refractivity contribution in [1.29, 1.82) is 0 Å². The molecular formula is C25H21ClFNO3. The molecule has 31 heavy (non-hydrogen) atoms. The van der Waals surface area contributed by atoms with E-state index in [0.29, 0.717) is 16.8 Å². The number of ketones is 1. The maximum Gasteiger partial charge on any atom is 0.264 e. The molecule has 1 aliphatic rings. The summed E-state index contributed by atoms with van der Waals surface area (Å²) in [6.07, 6.45) is -0.408. The number of aliphatic hydroxyl groups is 1. The van der Waals surface area contributed by atoms with Crippen molar-refractivity contribution >= 4 is 29.0 Å². The number of benzene rings is 3. The molecule has 0 aliphatic carbocycles. The Kier molecular flexibility index (Phi) is 5.42. The van der Waals surface area contributed by atoms with Crippen molar-refractivity contribution in [2.24, 2.45) is 0 Å². The zero-order chi connectivity index (χ0) is 22.3. The molecule has 1 heterocycles. The van der Waals surface area contributed by atoms with E-state index in [4.69, 9.17) is 11.6 Å². The lowest BCUT2D eigenvalue weighted by Crippen LogP contribution is -2.41. The number of fused-ring (bicyclic) bond motifs is 1. The molecule has 4 nitrogen and oxygen atoms in total. The van der Waals surface area contributed by atoms with Crippen LogP contribution in [-0.4, -0.2) is 16.8 Å². The van der Waals surface area contributed by atoms with Crippen LogP contribution in [0.15, 0.2) is 60.7 Å². The van der Waals surface area contributed by atoms with E-state index >= 15 is 0 Å². The molecule has 6 heteroatoms. The number of anilines is 1. The number of hydrogen-bond donors (Lipinski definition) is 1. The Hall–Kier alpha value is -3.02. The number of nitrogens with zero attached hydrogens (tertiary/aromatic N) is 1. The number of hydrogen-bond acceptors (Lipinski definition) is 3. The summed E-state index contributed by atoms with van der Waals surface area (Å²) in [5.74, 6) is -1.55. The Morgan fingerprint density at radius 3 is 2.58 bits per heavy atom. The summed E-state index contributed by atoms with van der Waals surface area (Å²) in [4.78, 5) is 27.8. The highest BCUT2D eigenvalue weighted by atomic mass is 35.5. The lowest BCUT2D eigenvalue weighted by molar-refractivity contribution is -0.136. The van der Waals surface area contributed by atoms with Crippen LogP contribution in [0.2, 0.25) is 5.02 Å². The number of carbonyl (C=O) groups excluding carboxylic acids is 2. The van der Waals surface area contributed by atoms with Crippen molar-refractivity contribution in [1.82, 2.24) is 0 Å². The van der Waals surface area contributed by atoms with Gasteiger partial charge >= 0.3 is 0 Å². The standard InChI is InChI=1S/C25H21ClFNO3/c1-15-10-11-16(2)17(12-15)23(29)13-25(31)19-6-3-4-9-22(19)28(24(25)30)14-18-20(26)7-5-8-21(18)27/h3-12,31H,13-14H2,1-2H3. The lowest BCUT2D eigenvalue weighted by atomic mass is 9.87. The average molecular weight is 438 g/mol. The maximum atomic E-state index is 14.4. The number of halogens is 2. The second kappa shape index (κ2) is 7.91. The summed E-state index contributed by atoms with van der Waals surface area (Å²) >= 11 is 6.16. The summed E-state index contributed by atoms with van der Waals surface area (Å²) in [5.41, 5.74) is 1.02. The van der Waals surface area contributed by atoms with Crippen molar-refractivity contribution in [2.75, 3.05) is 4.90 Å². The zero-order valence-corrected chi connectivity index (χ0v) is 17.9. The van der Waals surface area contributed by atoms with E-state index in [1.807, 2.05) is 26.0 Å². The number of Topliss-reactive ketones (excluding diaryl/α,β-unsaturated/α-hetero) is 1. The number of aryl methyl sites for hydroxylation is 2. The quantitative estimate of drug-likeness (QED) is 0.565. The van der Waals surface area contributed by atoms with E-state index in [1.54, 1.807) is 36.4 Å². The number of carbonyl (C=O) groups is 2. The molecule has 0 saturated heterocycles. The molecule has 0 spiro atoms. The second-order valence-corrected chi connectivity index (χ2v) is 8.29. The average Bonchev–Trinajstić information content (AvgIpc) is 2.94. The molecule has 0 radical (unpaired) electrons. The molecule has 1 unspecified atom stereocenters. The summed E-state index contributed by atoms with van der Waals surface area (Å²) in [6.45, 7) is 3.54. The molecular weight excluding hydrogens is 417 g/mol. The van der Waals surface area contributed by atoms with Crippen LogP contribution in [0.3, 0.4) is 0 Å². The zero-order valence-electron chi connectivity index (χ0n) is 17.2. The highest BCUT2D eigenvalue weighted by Gasteiger charge is 2.51. The van der Waals surface area contributed by atoms with Gasteiger partial charge in [-0.1, -0.05) is 53.6 Å². The fourth-order valence-corrected chi connectivity index (χ4v) is 4.26. The van der Waals surface area contributed by atoms with Crippen LogP contribution in [0, 0.1) is 19.7 Å². The van der Waals surface area contributed by atoms with E-state index in [9.17, 15) is 19.1 Å². The van der Waals surface area contributed by atoms with Gasteiger partial charge in [0.1, 0.15) is 5.82 Å². The van der Waals surface area contributed by atoms with Crippen LogP contribution in [-0.2, 0) is 16.9 Å². The van der Waals surface area contributed by atoms with Crippen LogP contribution in [0.1, 0.15) is 39.0 Å². The van der Waals surface area contributed by atoms with Crippen LogP contribution in [0.4, 0.5) is 10.1 Å². The van der Waals surface area contributed by atoms with E-state index in [-0.39, 0.29) is 22.9 Å². The van der Waals surface area contributed by atoms with Gasteiger partial charge in [0.25, 0.3) is 5.91 Å². The monoisotopic (exact) mass is 437 g/mol. The predicted molar refractivity (Wildman–Crippen MR) is 118 cm³/mol. The summed E-state index contributed by atoms with van der Waals surface area (Å²) in [6, 6.07) is 16.5. The molecule has 0 fully saturated rings. The Bertz CT molecular complexity index is 1190. The fraction of sp³-hybridized carbons (Fsp3) is 0.200. The van der Waals surface area contributed by atoms with Gasteiger partial charge in [-0.3, -0.25) is 9.59 Å². The fourth-order valence-electron chi connectivity index (χ4n) is 4.04. The van der Waals surface area contributed by atoms with Gasteiger partial charge in [-0.15, -0.1) is 0 Å². The minimum absolute atomic E-state index is 0.150. The van der Waals surface area contributed by atoms with Crippen molar-refractivity contribution in [2.45, 2.75) is 32.4 Å². The molecule has 0 aromatic heterocycles. The molecule has 4 rings (SSSR count). The Morgan fingerprint density at radius 1 is 1.10 bits per heavy atom. The molecule has 0 saturated carbocycles. The van der Waals surface area contributed by atoms with E-state index in [1.165, 1.54) is 17.0 Å². The normalized spacial score (nSPS) is 17.7. The minimum Gasteiger partial charge on any atom is -0.375 e. The first-order valence-electron chi connectivity index (χ1n) is 9.89. The Morgan fingerprint density at radius 2 is 1.84 bits per heavy atom. The largest absolute Gasteiger partial charge is 0.375 e. The SMILES string of the molecule is Cc1ccc(C)c(C(=O)CC2(O)C(=O)N(Cc3c(F)cccc3Cl)c3ccccc32)c1. The van der Waals surface area contributed by atoms with Gasteiger partial charge in [-0.2, -0.15) is 0 Å². The van der Waals surface area contributed by atoms with Gasteiger partial charge in [-0.25, -0.2) is 4.39 Å². The van der Waals surface area contributed by atoms with Crippen molar-refractivity contribution in [3.8, 4) is 0 Å². The predicted octanol–water partition coefficient (Wildman–Crippen LogP) is 5.10. The summed E-state index contributed by atoms with van der Waals surface area (Å²) in [5, 5.41) is 11.6. The minimum atomic E-state index is -2.04. The lowest BCUT2D eigenvalue weighted by Gasteiger charge is -2.23. The van der Waals surface area contributed by atoms with Crippen molar-refractivity contribution in [3.63, 3.8) is 0 Å². The molecule has 3 aromatic carbocycles. The van der Waals surface area contributed by atoms with Crippen molar-refractivity contribution < 1.29 is 19.1 Å². The number of rotatable bonds is 5. The molecule has 3 aromatic rings. The third-order valence-corrected chi connectivity index (χ3v) is 6.08. The second-order valence-electron chi connectivity index (χ2n) is 7.89.